The van der Waals surface area contributed by atoms with Crippen molar-refractivity contribution in [2.45, 2.75) is 12.8 Å². The molecule has 102 valence electrons. The fourth-order valence-corrected chi connectivity index (χ4v) is 2.46. The number of nitrogens with zero attached hydrogens (tertiary/aromatic N) is 1. The minimum absolute atomic E-state index is 0.0591. The van der Waals surface area contributed by atoms with Gasteiger partial charge in [-0.1, -0.05) is 0 Å². The summed E-state index contributed by atoms with van der Waals surface area (Å²) >= 11 is 0. The fourth-order valence-electron chi connectivity index (χ4n) is 2.46. The van der Waals surface area contributed by atoms with Crippen LogP contribution in [0.3, 0.4) is 0 Å². The normalized spacial score (nSPS) is 18.6. The van der Waals surface area contributed by atoms with Crippen molar-refractivity contribution in [1.82, 2.24) is 10.2 Å². The first-order chi connectivity index (χ1) is 9.31. The number of rotatable bonds is 4. The van der Waals surface area contributed by atoms with Gasteiger partial charge in [0.1, 0.15) is 5.75 Å². The molecule has 0 spiro atoms. The zero-order valence-electron chi connectivity index (χ0n) is 10.9. The Morgan fingerprint density at radius 3 is 3.00 bits per heavy atom. The third-order valence-corrected chi connectivity index (χ3v) is 3.94. The van der Waals surface area contributed by atoms with E-state index in [1.54, 1.807) is 6.20 Å². The molecule has 3 N–H and O–H groups in total. The summed E-state index contributed by atoms with van der Waals surface area (Å²) in [6, 6.07) is 5.95. The van der Waals surface area contributed by atoms with Crippen molar-refractivity contribution in [2.75, 3.05) is 26.4 Å². The van der Waals surface area contributed by atoms with Gasteiger partial charge in [0.25, 0.3) is 0 Å². The topological polar surface area (TPSA) is 73.2 Å². The van der Waals surface area contributed by atoms with Crippen LogP contribution >= 0.6 is 0 Å². The average Bonchev–Trinajstić information content (AvgIpc) is 2.93. The maximum atomic E-state index is 5.94. The van der Waals surface area contributed by atoms with Crippen molar-refractivity contribution in [2.24, 2.45) is 11.1 Å². The highest BCUT2D eigenvalue weighted by molar-refractivity contribution is 5.79. The Bertz CT molecular complexity index is 546. The van der Waals surface area contributed by atoms with Crippen LogP contribution in [0.15, 0.2) is 24.4 Å². The molecule has 3 rings (SSSR count). The van der Waals surface area contributed by atoms with Gasteiger partial charge < -0.3 is 15.2 Å². The Labute approximate surface area is 112 Å². The number of ether oxygens (including phenoxy) is 2. The molecule has 1 saturated heterocycles. The Balaban J connectivity index is 1.70. The number of nitrogens with one attached hydrogen (secondary N) is 1. The van der Waals surface area contributed by atoms with Crippen LogP contribution in [0.4, 0.5) is 0 Å². The number of hydrogen-bond donors (Lipinski definition) is 2. The van der Waals surface area contributed by atoms with E-state index in [9.17, 15) is 0 Å². The summed E-state index contributed by atoms with van der Waals surface area (Å²) in [6.45, 7) is 2.85. The van der Waals surface area contributed by atoms with Crippen LogP contribution < -0.4 is 10.5 Å². The van der Waals surface area contributed by atoms with Crippen LogP contribution in [0.5, 0.6) is 5.75 Å². The van der Waals surface area contributed by atoms with Crippen molar-refractivity contribution in [3.8, 4) is 5.75 Å². The lowest BCUT2D eigenvalue weighted by atomic mass is 9.81. The Kier molecular flexibility index (Phi) is 3.40. The lowest BCUT2D eigenvalue weighted by molar-refractivity contribution is -0.00496. The molecule has 5 nitrogen and oxygen atoms in total. The van der Waals surface area contributed by atoms with Crippen LogP contribution in [-0.2, 0) is 4.74 Å². The van der Waals surface area contributed by atoms with Crippen LogP contribution in [-0.4, -0.2) is 36.6 Å². The maximum absolute atomic E-state index is 5.94. The van der Waals surface area contributed by atoms with E-state index in [-0.39, 0.29) is 5.41 Å². The molecule has 1 aliphatic heterocycles. The zero-order valence-corrected chi connectivity index (χ0v) is 10.9. The van der Waals surface area contributed by atoms with E-state index in [4.69, 9.17) is 15.2 Å². The number of nitrogens with two attached hydrogens (primary N) is 1. The monoisotopic (exact) mass is 261 g/mol. The molecule has 0 amide bonds. The van der Waals surface area contributed by atoms with Crippen LogP contribution in [0, 0.1) is 5.41 Å². The molecular weight excluding hydrogens is 242 g/mol. The van der Waals surface area contributed by atoms with Crippen molar-refractivity contribution in [1.29, 1.82) is 0 Å². The second-order valence-electron chi connectivity index (χ2n) is 5.22. The first kappa shape index (κ1) is 12.4. The highest BCUT2D eigenvalue weighted by atomic mass is 16.5. The van der Waals surface area contributed by atoms with E-state index in [1.165, 1.54) is 0 Å². The first-order valence-corrected chi connectivity index (χ1v) is 6.65. The maximum Gasteiger partial charge on any atom is 0.120 e. The van der Waals surface area contributed by atoms with E-state index in [0.29, 0.717) is 13.2 Å². The summed E-state index contributed by atoms with van der Waals surface area (Å²) in [4.78, 5) is 0. The second kappa shape index (κ2) is 5.19. The molecule has 2 heterocycles. The predicted octanol–water partition coefficient (Wildman–Crippen LogP) is 1.70. The van der Waals surface area contributed by atoms with Gasteiger partial charge in [-0.25, -0.2) is 0 Å². The molecule has 1 aromatic carbocycles. The zero-order chi connectivity index (χ0) is 13.1. The molecule has 1 aromatic heterocycles. The van der Waals surface area contributed by atoms with Gasteiger partial charge in [0.2, 0.25) is 0 Å². The van der Waals surface area contributed by atoms with Gasteiger partial charge >= 0.3 is 0 Å². The van der Waals surface area contributed by atoms with E-state index < -0.39 is 0 Å². The van der Waals surface area contributed by atoms with Crippen LogP contribution in [0.1, 0.15) is 12.8 Å². The smallest absolute Gasteiger partial charge is 0.120 e. The standard InChI is InChI=1S/C14H19N3O2/c15-9-14(3-5-18-6-4-14)10-19-12-1-2-13-11(7-12)8-16-17-13/h1-2,7-8H,3-6,9-10,15H2,(H,16,17). The lowest BCUT2D eigenvalue weighted by Gasteiger charge is -2.35. The molecule has 0 atom stereocenters. The highest BCUT2D eigenvalue weighted by Crippen LogP contribution is 2.30. The SMILES string of the molecule is NCC1(COc2ccc3[nH]ncc3c2)CCOCC1. The molecule has 5 heteroatoms. The van der Waals surface area contributed by atoms with Crippen molar-refractivity contribution >= 4 is 10.9 Å². The molecule has 0 radical (unpaired) electrons. The molecule has 1 fully saturated rings. The van der Waals surface area contributed by atoms with E-state index in [0.717, 1.165) is 42.7 Å². The number of aromatic amines is 1. The fraction of sp³-hybridized carbons (Fsp3) is 0.500. The van der Waals surface area contributed by atoms with Gasteiger partial charge in [-0.2, -0.15) is 5.10 Å². The van der Waals surface area contributed by atoms with Crippen molar-refractivity contribution in [3.63, 3.8) is 0 Å². The molecule has 1 aliphatic rings. The molecule has 0 saturated carbocycles. The minimum atomic E-state index is 0.0591. The van der Waals surface area contributed by atoms with Crippen molar-refractivity contribution in [3.05, 3.63) is 24.4 Å². The molecule has 0 bridgehead atoms. The Morgan fingerprint density at radius 2 is 2.21 bits per heavy atom. The molecule has 0 unspecified atom stereocenters. The number of aromatic nitrogens is 2. The molecular formula is C14H19N3O2. The van der Waals surface area contributed by atoms with E-state index in [2.05, 4.69) is 10.2 Å². The van der Waals surface area contributed by atoms with Gasteiger partial charge in [0.15, 0.2) is 0 Å². The number of H-pyrrole nitrogens is 1. The third-order valence-electron chi connectivity index (χ3n) is 3.94. The molecule has 2 aromatic rings. The first-order valence-electron chi connectivity index (χ1n) is 6.65. The summed E-state index contributed by atoms with van der Waals surface area (Å²) in [6.07, 6.45) is 3.74. The number of benzene rings is 1. The van der Waals surface area contributed by atoms with E-state index in [1.807, 2.05) is 18.2 Å². The predicted molar refractivity (Wildman–Crippen MR) is 73.1 cm³/mol. The molecule has 19 heavy (non-hydrogen) atoms. The number of hydrogen-bond acceptors (Lipinski definition) is 4. The second-order valence-corrected chi connectivity index (χ2v) is 5.22. The summed E-state index contributed by atoms with van der Waals surface area (Å²) in [7, 11) is 0. The highest BCUT2D eigenvalue weighted by Gasteiger charge is 2.32. The quantitative estimate of drug-likeness (QED) is 0.878. The molecule has 0 aliphatic carbocycles. The largest absolute Gasteiger partial charge is 0.493 e. The van der Waals surface area contributed by atoms with Gasteiger partial charge in [-0.05, 0) is 31.0 Å². The van der Waals surface area contributed by atoms with Crippen LogP contribution in [0.25, 0.3) is 10.9 Å². The van der Waals surface area contributed by atoms with Gasteiger partial charge in [0.05, 0.1) is 18.3 Å². The lowest BCUT2D eigenvalue weighted by Crippen LogP contribution is -2.41. The summed E-state index contributed by atoms with van der Waals surface area (Å²) in [5, 5.41) is 8.00. The van der Waals surface area contributed by atoms with E-state index >= 15 is 0 Å². The van der Waals surface area contributed by atoms with Gasteiger partial charge in [-0.3, -0.25) is 5.10 Å². The van der Waals surface area contributed by atoms with Crippen molar-refractivity contribution < 1.29 is 9.47 Å². The summed E-state index contributed by atoms with van der Waals surface area (Å²) in [5.74, 6) is 0.869. The Morgan fingerprint density at radius 1 is 1.37 bits per heavy atom. The minimum Gasteiger partial charge on any atom is -0.493 e. The Hall–Kier alpha value is -1.59. The van der Waals surface area contributed by atoms with Crippen LogP contribution in [0.2, 0.25) is 0 Å². The van der Waals surface area contributed by atoms with Gasteiger partial charge in [0, 0.05) is 30.6 Å². The van der Waals surface area contributed by atoms with Gasteiger partial charge in [-0.15, -0.1) is 0 Å². The average molecular weight is 261 g/mol. The summed E-state index contributed by atoms with van der Waals surface area (Å²) in [5.41, 5.74) is 7.01. The summed E-state index contributed by atoms with van der Waals surface area (Å²) < 4.78 is 11.3. The number of fused-ring (bicyclic) bond motifs is 1. The third kappa shape index (κ3) is 2.57.